The quantitative estimate of drug-likeness (QED) is 0.465. The Morgan fingerprint density at radius 3 is 2.58 bits per heavy atom. The van der Waals surface area contributed by atoms with Gasteiger partial charge in [0.25, 0.3) is 0 Å². The summed E-state index contributed by atoms with van der Waals surface area (Å²) in [5, 5.41) is 1.34. The summed E-state index contributed by atoms with van der Waals surface area (Å²) in [7, 11) is 0. The molecule has 5 heteroatoms. The number of hydrogen-bond donors (Lipinski definition) is 0. The second-order valence-electron chi connectivity index (χ2n) is 6.26. The Morgan fingerprint density at radius 1 is 1.17 bits per heavy atom. The molecule has 0 heterocycles. The van der Waals surface area contributed by atoms with Gasteiger partial charge >= 0.3 is 5.97 Å². The number of benzene rings is 2. The fourth-order valence-corrected chi connectivity index (χ4v) is 2.49. The first-order valence-electron chi connectivity index (χ1n) is 7.62. The fraction of sp³-hybridized carbons (Fsp3) is 0.316. The normalized spacial score (nSPS) is 11.2. The Kier molecular flexibility index (Phi) is 6.30. The molecule has 0 aliphatic carbocycles. The monoisotopic (exact) mass is 410 g/mol. The van der Waals surface area contributed by atoms with E-state index in [0.29, 0.717) is 17.2 Å². The average molecular weight is 412 g/mol. The summed E-state index contributed by atoms with van der Waals surface area (Å²) >= 11 is 9.48. The van der Waals surface area contributed by atoms with Crippen LogP contribution in [0.3, 0.4) is 0 Å². The topological polar surface area (TPSA) is 35.5 Å². The van der Waals surface area contributed by atoms with E-state index in [2.05, 4.69) is 15.9 Å². The molecular weight excluding hydrogens is 392 g/mol. The molecule has 2 aromatic carbocycles. The van der Waals surface area contributed by atoms with Crippen LogP contribution in [0, 0.1) is 0 Å². The molecule has 0 aromatic heterocycles. The predicted octanol–water partition coefficient (Wildman–Crippen LogP) is 5.74. The molecule has 0 saturated carbocycles. The van der Waals surface area contributed by atoms with Crippen LogP contribution < -0.4 is 4.74 Å². The van der Waals surface area contributed by atoms with Crippen LogP contribution in [-0.4, -0.2) is 23.5 Å². The fourth-order valence-electron chi connectivity index (χ4n) is 2.15. The van der Waals surface area contributed by atoms with Gasteiger partial charge in [0.2, 0.25) is 0 Å². The Bertz CT molecular complexity index is 723. The van der Waals surface area contributed by atoms with E-state index in [1.165, 1.54) is 0 Å². The molecule has 2 rings (SSSR count). The number of esters is 1. The van der Waals surface area contributed by atoms with Gasteiger partial charge in [-0.3, -0.25) is 0 Å². The molecule has 2 aromatic rings. The third kappa shape index (κ3) is 5.25. The number of carbonyl (C=O) groups is 1. The molecule has 0 radical (unpaired) electrons. The standard InChI is InChI=1S/C19H20BrClO3/c1-19(2,3)24-18(22)14-6-4-5-13(11-14)16-12-15(21)7-8-17(16)23-10-9-20/h4-8,11-12H,9-10H2,1-3H3. The lowest BCUT2D eigenvalue weighted by atomic mass is 10.0. The van der Waals surface area contributed by atoms with Crippen molar-refractivity contribution < 1.29 is 14.3 Å². The summed E-state index contributed by atoms with van der Waals surface area (Å²) in [5.41, 5.74) is 1.65. The van der Waals surface area contributed by atoms with E-state index in [4.69, 9.17) is 21.1 Å². The summed E-state index contributed by atoms with van der Waals surface area (Å²) in [6.07, 6.45) is 0. The number of halogens is 2. The molecule has 0 aliphatic heterocycles. The minimum Gasteiger partial charge on any atom is -0.492 e. The first-order chi connectivity index (χ1) is 11.3. The van der Waals surface area contributed by atoms with Gasteiger partial charge in [0.15, 0.2) is 0 Å². The third-order valence-electron chi connectivity index (χ3n) is 3.08. The zero-order valence-corrected chi connectivity index (χ0v) is 16.3. The first-order valence-corrected chi connectivity index (χ1v) is 9.12. The van der Waals surface area contributed by atoms with Gasteiger partial charge in [-0.15, -0.1) is 0 Å². The number of hydrogen-bond acceptors (Lipinski definition) is 3. The van der Waals surface area contributed by atoms with E-state index in [0.717, 1.165) is 22.2 Å². The van der Waals surface area contributed by atoms with Crippen molar-refractivity contribution >= 4 is 33.5 Å². The van der Waals surface area contributed by atoms with Crippen LogP contribution >= 0.6 is 27.5 Å². The van der Waals surface area contributed by atoms with Gasteiger partial charge in [-0.1, -0.05) is 39.7 Å². The van der Waals surface area contributed by atoms with E-state index < -0.39 is 5.60 Å². The molecule has 0 unspecified atom stereocenters. The van der Waals surface area contributed by atoms with Crippen molar-refractivity contribution in [1.82, 2.24) is 0 Å². The van der Waals surface area contributed by atoms with Crippen LogP contribution in [0.5, 0.6) is 5.75 Å². The van der Waals surface area contributed by atoms with Crippen LogP contribution in [0.1, 0.15) is 31.1 Å². The van der Waals surface area contributed by atoms with Crippen molar-refractivity contribution in [3.8, 4) is 16.9 Å². The molecule has 0 saturated heterocycles. The second-order valence-corrected chi connectivity index (χ2v) is 7.49. The zero-order valence-electron chi connectivity index (χ0n) is 13.9. The van der Waals surface area contributed by atoms with Gasteiger partial charge in [0.1, 0.15) is 11.4 Å². The maximum Gasteiger partial charge on any atom is 0.338 e. The smallest absolute Gasteiger partial charge is 0.338 e. The summed E-state index contributed by atoms with van der Waals surface area (Å²) in [4.78, 5) is 12.3. The SMILES string of the molecule is CC(C)(C)OC(=O)c1cccc(-c2cc(Cl)ccc2OCCBr)c1. The number of alkyl halides is 1. The van der Waals surface area contributed by atoms with Crippen LogP contribution in [0.2, 0.25) is 5.02 Å². The van der Waals surface area contributed by atoms with Crippen molar-refractivity contribution in [2.45, 2.75) is 26.4 Å². The molecular formula is C19H20BrClO3. The van der Waals surface area contributed by atoms with E-state index >= 15 is 0 Å². The number of ether oxygens (including phenoxy) is 2. The van der Waals surface area contributed by atoms with Crippen molar-refractivity contribution in [3.63, 3.8) is 0 Å². The highest BCUT2D eigenvalue weighted by Gasteiger charge is 2.18. The maximum absolute atomic E-state index is 12.3. The van der Waals surface area contributed by atoms with Crippen molar-refractivity contribution in [2.75, 3.05) is 11.9 Å². The molecule has 0 spiro atoms. The highest BCUT2D eigenvalue weighted by Crippen LogP contribution is 2.33. The van der Waals surface area contributed by atoms with Gasteiger partial charge in [-0.05, 0) is 56.7 Å². The Morgan fingerprint density at radius 2 is 1.92 bits per heavy atom. The molecule has 0 bridgehead atoms. The highest BCUT2D eigenvalue weighted by molar-refractivity contribution is 9.09. The lowest BCUT2D eigenvalue weighted by Crippen LogP contribution is -2.23. The van der Waals surface area contributed by atoms with E-state index in [1.807, 2.05) is 45.0 Å². The van der Waals surface area contributed by atoms with Crippen LogP contribution in [0.4, 0.5) is 0 Å². The Hall–Kier alpha value is -1.52. The van der Waals surface area contributed by atoms with Crippen LogP contribution in [-0.2, 0) is 4.74 Å². The van der Waals surface area contributed by atoms with Gasteiger partial charge in [0, 0.05) is 15.9 Å². The van der Waals surface area contributed by atoms with Gasteiger partial charge < -0.3 is 9.47 Å². The van der Waals surface area contributed by atoms with Crippen LogP contribution in [0.15, 0.2) is 42.5 Å². The lowest BCUT2D eigenvalue weighted by molar-refractivity contribution is 0.00696. The van der Waals surface area contributed by atoms with Crippen molar-refractivity contribution in [2.24, 2.45) is 0 Å². The Labute approximate surface area is 156 Å². The lowest BCUT2D eigenvalue weighted by Gasteiger charge is -2.19. The van der Waals surface area contributed by atoms with Crippen LogP contribution in [0.25, 0.3) is 11.1 Å². The number of rotatable bonds is 5. The van der Waals surface area contributed by atoms with E-state index in [9.17, 15) is 4.79 Å². The minimum atomic E-state index is -0.534. The van der Waals surface area contributed by atoms with Gasteiger partial charge in [0.05, 0.1) is 12.2 Å². The van der Waals surface area contributed by atoms with Crippen molar-refractivity contribution in [3.05, 3.63) is 53.1 Å². The van der Waals surface area contributed by atoms with E-state index in [1.54, 1.807) is 18.2 Å². The summed E-state index contributed by atoms with van der Waals surface area (Å²) in [6.45, 7) is 6.08. The maximum atomic E-state index is 12.3. The summed E-state index contributed by atoms with van der Waals surface area (Å²) in [6, 6.07) is 12.7. The summed E-state index contributed by atoms with van der Waals surface area (Å²) in [5.74, 6) is 0.370. The first kappa shape index (κ1) is 18.8. The zero-order chi connectivity index (χ0) is 17.7. The second kappa shape index (κ2) is 8.04. The molecule has 128 valence electrons. The molecule has 0 amide bonds. The summed E-state index contributed by atoms with van der Waals surface area (Å²) < 4.78 is 11.2. The molecule has 0 fully saturated rings. The largest absolute Gasteiger partial charge is 0.492 e. The average Bonchev–Trinajstić information content (AvgIpc) is 2.52. The minimum absolute atomic E-state index is 0.352. The predicted molar refractivity (Wildman–Crippen MR) is 101 cm³/mol. The molecule has 3 nitrogen and oxygen atoms in total. The number of carbonyl (C=O) groups excluding carboxylic acids is 1. The molecule has 24 heavy (non-hydrogen) atoms. The van der Waals surface area contributed by atoms with Gasteiger partial charge in [-0.25, -0.2) is 4.79 Å². The van der Waals surface area contributed by atoms with E-state index in [-0.39, 0.29) is 5.97 Å². The highest BCUT2D eigenvalue weighted by atomic mass is 79.9. The third-order valence-corrected chi connectivity index (χ3v) is 3.64. The van der Waals surface area contributed by atoms with Gasteiger partial charge in [-0.2, -0.15) is 0 Å². The Balaban J connectivity index is 2.38. The molecule has 0 atom stereocenters. The van der Waals surface area contributed by atoms with Crippen molar-refractivity contribution in [1.29, 1.82) is 0 Å². The molecule has 0 aliphatic rings. The molecule has 0 N–H and O–H groups in total.